The van der Waals surface area contributed by atoms with Crippen molar-refractivity contribution in [2.75, 3.05) is 11.1 Å². The zero-order chi connectivity index (χ0) is 29.4. The van der Waals surface area contributed by atoms with Gasteiger partial charge in [-0.1, -0.05) is 48.2 Å². The van der Waals surface area contributed by atoms with E-state index in [1.807, 2.05) is 0 Å². The largest absolute Gasteiger partial charge is 0.388 e. The van der Waals surface area contributed by atoms with E-state index in [1.165, 1.54) is 6.92 Å². The van der Waals surface area contributed by atoms with Crippen molar-refractivity contribution >= 4 is 28.1 Å². The van der Waals surface area contributed by atoms with Crippen LogP contribution in [-0.2, 0) is 17.6 Å². The number of aliphatic hydroxyl groups is 1. The number of hydrogen-bond acceptors (Lipinski definition) is 5. The fourth-order valence-electron chi connectivity index (χ4n) is 2.41. The number of thiazole rings is 1. The van der Waals surface area contributed by atoms with E-state index in [1.54, 1.807) is 5.38 Å². The van der Waals surface area contributed by atoms with Gasteiger partial charge in [-0.15, -0.1) is 11.3 Å². The molecule has 0 aliphatic rings. The fraction of sp³-hybridized carbons (Fsp3) is 0.304. The SMILES string of the molecule is [2H]c1c([2H])c([C@@H](O)C([2H])([2H])CCCc2c([2H])c([2H])c(NC(=O)Cc3csc(N)n3)c([2H])c2[2H])c([2H])c([2H])c1C. The van der Waals surface area contributed by atoms with Crippen LogP contribution in [0.5, 0.6) is 0 Å². The summed E-state index contributed by atoms with van der Waals surface area (Å²) in [5.41, 5.74) is 5.28. The number of aromatic nitrogens is 1. The van der Waals surface area contributed by atoms with Gasteiger partial charge in [0.25, 0.3) is 0 Å². The lowest BCUT2D eigenvalue weighted by Crippen LogP contribution is -2.14. The maximum Gasteiger partial charge on any atom is 0.230 e. The summed E-state index contributed by atoms with van der Waals surface area (Å²) in [5.74, 6) is -0.596. The Labute approximate surface area is 189 Å². The van der Waals surface area contributed by atoms with E-state index >= 15 is 0 Å². The van der Waals surface area contributed by atoms with Gasteiger partial charge in [-0.3, -0.25) is 4.79 Å². The number of nitrogens with two attached hydrogens (primary N) is 1. The number of nitrogen functional groups attached to an aromatic ring is 1. The molecule has 1 atom stereocenters. The number of amides is 1. The van der Waals surface area contributed by atoms with Crippen LogP contribution in [0.1, 0.15) is 61.4 Å². The zero-order valence-corrected chi connectivity index (χ0v) is 16.6. The molecule has 152 valence electrons. The Bertz CT molecular complexity index is 1370. The molecule has 0 saturated carbocycles. The quantitative estimate of drug-likeness (QED) is 0.471. The van der Waals surface area contributed by atoms with Crippen molar-refractivity contribution in [1.29, 1.82) is 0 Å². The monoisotopic (exact) mass is 419 g/mol. The van der Waals surface area contributed by atoms with Gasteiger partial charge in [0.2, 0.25) is 5.91 Å². The molecule has 0 fully saturated rings. The van der Waals surface area contributed by atoms with E-state index < -0.39 is 60.2 Å². The number of benzene rings is 2. The van der Waals surface area contributed by atoms with E-state index in [-0.39, 0.29) is 59.7 Å². The number of carbonyl (C=O) groups excluding carboxylic acids is 1. The molecule has 0 radical (unpaired) electrons. The summed E-state index contributed by atoms with van der Waals surface area (Å²) in [6, 6.07) is -3.53. The van der Waals surface area contributed by atoms with Crippen LogP contribution in [0, 0.1) is 6.92 Å². The minimum Gasteiger partial charge on any atom is -0.388 e. The lowest BCUT2D eigenvalue weighted by atomic mass is 10.0. The van der Waals surface area contributed by atoms with Gasteiger partial charge >= 0.3 is 0 Å². The van der Waals surface area contributed by atoms with Crippen molar-refractivity contribution in [3.05, 3.63) is 76.1 Å². The molecule has 0 aliphatic carbocycles. The zero-order valence-electron chi connectivity index (χ0n) is 25.8. The summed E-state index contributed by atoms with van der Waals surface area (Å²) in [4.78, 5) is 16.4. The molecule has 3 aromatic rings. The van der Waals surface area contributed by atoms with Crippen molar-refractivity contribution in [3.8, 4) is 0 Å². The van der Waals surface area contributed by atoms with Gasteiger partial charge in [0.15, 0.2) is 5.13 Å². The standard InChI is InChI=1S/C23H27N3O2S/c1-16-6-10-18(11-7-16)21(27)5-3-2-4-17-8-12-19(13-9-17)25-22(28)14-20-15-29-23(24)26-20/h6-13,15,21,27H,2-5,14H2,1H3,(H2,24,26)(H,25,28)/t21-/m0/s1/i5D2,6D,7D,8D,9D,10D,11D,12D,13D. The molecule has 5 nitrogen and oxygen atoms in total. The molecule has 1 aromatic heterocycles. The predicted octanol–water partition coefficient (Wildman–Crippen LogP) is 4.66. The van der Waals surface area contributed by atoms with Crippen LogP contribution in [0.15, 0.2) is 53.7 Å². The van der Waals surface area contributed by atoms with Crippen molar-refractivity contribution in [2.45, 2.75) is 45.1 Å². The van der Waals surface area contributed by atoms with Crippen LogP contribution in [0.25, 0.3) is 0 Å². The molecule has 0 bridgehead atoms. The number of rotatable bonds is 9. The highest BCUT2D eigenvalue weighted by molar-refractivity contribution is 7.13. The first kappa shape index (κ1) is 11.5. The average Bonchev–Trinajstić information content (AvgIpc) is 3.29. The molecule has 6 heteroatoms. The third-order valence-corrected chi connectivity index (χ3v) is 4.56. The van der Waals surface area contributed by atoms with E-state index in [9.17, 15) is 9.90 Å². The summed E-state index contributed by atoms with van der Waals surface area (Å²) in [7, 11) is 0. The first-order chi connectivity index (χ1) is 18.1. The Morgan fingerprint density at radius 2 is 1.97 bits per heavy atom. The summed E-state index contributed by atoms with van der Waals surface area (Å²) in [6.07, 6.45) is -4.97. The van der Waals surface area contributed by atoms with Gasteiger partial charge in [0, 0.05) is 13.8 Å². The maximum absolute atomic E-state index is 12.4. The van der Waals surface area contributed by atoms with Crippen molar-refractivity contribution < 1.29 is 23.6 Å². The molecule has 4 N–H and O–H groups in total. The van der Waals surface area contributed by atoms with Gasteiger partial charge in [-0.2, -0.15) is 0 Å². The minimum atomic E-state index is -2.38. The van der Waals surface area contributed by atoms with Gasteiger partial charge < -0.3 is 16.2 Å². The molecule has 2 aromatic carbocycles. The predicted molar refractivity (Wildman–Crippen MR) is 119 cm³/mol. The third-order valence-electron chi connectivity index (χ3n) is 3.84. The lowest BCUT2D eigenvalue weighted by molar-refractivity contribution is -0.115. The molecule has 1 amide bonds. The second-order valence-corrected chi connectivity index (χ2v) is 7.14. The maximum atomic E-state index is 12.4. The molecule has 0 spiro atoms. The second-order valence-electron chi connectivity index (χ2n) is 6.25. The highest BCUT2D eigenvalue weighted by atomic mass is 32.1. The van der Waals surface area contributed by atoms with E-state index in [0.717, 1.165) is 11.3 Å². The van der Waals surface area contributed by atoms with E-state index in [0.29, 0.717) is 5.69 Å². The highest BCUT2D eigenvalue weighted by Crippen LogP contribution is 2.21. The molecular weight excluding hydrogens is 382 g/mol. The van der Waals surface area contributed by atoms with Crippen LogP contribution in [0.4, 0.5) is 10.8 Å². The van der Waals surface area contributed by atoms with Crippen molar-refractivity contribution in [2.24, 2.45) is 0 Å². The number of aliphatic hydroxyl groups excluding tert-OH is 1. The number of carbonyl (C=O) groups is 1. The molecule has 3 rings (SSSR count). The molecular formula is C23H27N3O2S. The smallest absolute Gasteiger partial charge is 0.230 e. The van der Waals surface area contributed by atoms with Gasteiger partial charge in [0.1, 0.15) is 0 Å². The summed E-state index contributed by atoms with van der Waals surface area (Å²) in [5, 5.41) is 15.0. The van der Waals surface area contributed by atoms with Crippen molar-refractivity contribution in [3.63, 3.8) is 0 Å². The summed E-state index contributed by atoms with van der Waals surface area (Å²) >= 11 is 1.15. The molecule has 1 heterocycles. The first-order valence-electron chi connectivity index (χ1n) is 13.9. The van der Waals surface area contributed by atoms with Gasteiger partial charge in [0.05, 0.1) is 29.2 Å². The van der Waals surface area contributed by atoms with E-state index in [4.69, 9.17) is 19.4 Å². The number of anilines is 2. The van der Waals surface area contributed by atoms with Crippen LogP contribution < -0.4 is 11.1 Å². The van der Waals surface area contributed by atoms with Gasteiger partial charge in [-0.25, -0.2) is 4.98 Å². The molecule has 0 saturated heterocycles. The summed E-state index contributed by atoms with van der Waals surface area (Å²) in [6.45, 7) is 1.40. The Balaban J connectivity index is 1.77. The Hall–Kier alpha value is -2.70. The number of hydrogen-bond donors (Lipinski definition) is 3. The van der Waals surface area contributed by atoms with Crippen LogP contribution in [0.2, 0.25) is 0 Å². The highest BCUT2D eigenvalue weighted by Gasteiger charge is 2.08. The van der Waals surface area contributed by atoms with Gasteiger partial charge in [-0.05, 0) is 49.4 Å². The molecule has 0 unspecified atom stereocenters. The lowest BCUT2D eigenvalue weighted by Gasteiger charge is -2.11. The Kier molecular flexibility index (Phi) is 4.03. The molecule has 29 heavy (non-hydrogen) atoms. The van der Waals surface area contributed by atoms with Crippen LogP contribution in [0.3, 0.4) is 0 Å². The summed E-state index contributed by atoms with van der Waals surface area (Å²) < 4.78 is 81.8. The molecule has 0 aliphatic heterocycles. The minimum absolute atomic E-state index is 0.000138. The number of nitrogens with one attached hydrogen (secondary N) is 1. The van der Waals surface area contributed by atoms with Crippen molar-refractivity contribution in [1.82, 2.24) is 4.98 Å². The third kappa shape index (κ3) is 6.69. The number of nitrogens with zero attached hydrogens (tertiary/aromatic N) is 1. The van der Waals surface area contributed by atoms with E-state index in [2.05, 4.69) is 10.3 Å². The van der Waals surface area contributed by atoms with Crippen LogP contribution in [-0.4, -0.2) is 16.0 Å². The second kappa shape index (κ2) is 10.2. The Morgan fingerprint density at radius 1 is 1.24 bits per heavy atom. The Morgan fingerprint density at radius 3 is 2.62 bits per heavy atom. The fourth-order valence-corrected chi connectivity index (χ4v) is 2.97. The topological polar surface area (TPSA) is 88.2 Å². The normalized spacial score (nSPS) is 17.3. The average molecular weight is 420 g/mol. The van der Waals surface area contributed by atoms with Crippen LogP contribution >= 0.6 is 11.3 Å². The first-order valence-corrected chi connectivity index (χ1v) is 9.80.